The van der Waals surface area contributed by atoms with Crippen molar-refractivity contribution in [2.45, 2.75) is 11.8 Å². The molecule has 0 saturated heterocycles. The van der Waals surface area contributed by atoms with E-state index in [1.54, 1.807) is 24.3 Å². The van der Waals surface area contributed by atoms with Gasteiger partial charge in [-0.05, 0) is 66.9 Å². The first kappa shape index (κ1) is 19.7. The van der Waals surface area contributed by atoms with Crippen LogP contribution in [0.5, 0.6) is 0 Å². The Kier molecular flexibility index (Phi) is 6.73. The fourth-order valence-electron chi connectivity index (χ4n) is 2.30. The Hall–Kier alpha value is -2.07. The van der Waals surface area contributed by atoms with Gasteiger partial charge in [0.1, 0.15) is 5.82 Å². The van der Waals surface area contributed by atoms with Crippen LogP contribution in [-0.4, -0.2) is 5.71 Å². The van der Waals surface area contributed by atoms with Crippen LogP contribution < -0.4 is 0 Å². The molecule has 5 heteroatoms. The average Bonchev–Trinajstić information content (AvgIpc) is 2.66. The van der Waals surface area contributed by atoms with Gasteiger partial charge < -0.3 is 0 Å². The molecule has 3 aromatic carbocycles. The summed E-state index contributed by atoms with van der Waals surface area (Å²) in [7, 11) is 0. The van der Waals surface area contributed by atoms with Gasteiger partial charge in [-0.1, -0.05) is 58.7 Å². The summed E-state index contributed by atoms with van der Waals surface area (Å²) >= 11 is 13.7. The molecule has 0 fully saturated rings. The number of thioether (sulfide) groups is 1. The second-order valence-corrected chi connectivity index (χ2v) is 7.63. The molecule has 0 unspecified atom stereocenters. The van der Waals surface area contributed by atoms with Gasteiger partial charge in [-0.2, -0.15) is 0 Å². The summed E-state index contributed by atoms with van der Waals surface area (Å²) in [6, 6.07) is 19.8. The molecule has 1 nitrogen and oxygen atoms in total. The number of rotatable bonds is 5. The zero-order chi connectivity index (χ0) is 19.2. The number of halogens is 3. The van der Waals surface area contributed by atoms with E-state index in [0.717, 1.165) is 21.9 Å². The van der Waals surface area contributed by atoms with E-state index < -0.39 is 0 Å². The number of aryl methyl sites for hydroxylation is 1. The molecule has 136 valence electrons. The first-order valence-corrected chi connectivity index (χ1v) is 9.84. The van der Waals surface area contributed by atoms with Gasteiger partial charge in [0.15, 0.2) is 0 Å². The van der Waals surface area contributed by atoms with Gasteiger partial charge >= 0.3 is 0 Å². The number of hydrogen-bond acceptors (Lipinski definition) is 2. The van der Waals surface area contributed by atoms with Crippen LogP contribution in [0.4, 0.5) is 10.1 Å². The molecule has 0 aromatic heterocycles. The number of aliphatic imine (C=N–C) groups is 1. The Balaban J connectivity index is 1.91. The van der Waals surface area contributed by atoms with E-state index in [4.69, 9.17) is 28.2 Å². The van der Waals surface area contributed by atoms with E-state index in [0.29, 0.717) is 10.0 Å². The standard InChI is InChI=1S/C22H16Cl2FNS/c1-15-2-7-18(8-3-15)26-22(16-4-11-20(23)21(24)14-16)12-13-27-19-9-5-17(25)6-10-19/h2-14H,1H3. The highest BCUT2D eigenvalue weighted by Gasteiger charge is 2.05. The lowest BCUT2D eigenvalue weighted by Crippen LogP contribution is -1.96. The molecule has 0 spiro atoms. The minimum atomic E-state index is -0.249. The molecule has 0 heterocycles. The molecule has 0 amide bonds. The van der Waals surface area contributed by atoms with Crippen LogP contribution in [0.1, 0.15) is 11.1 Å². The maximum Gasteiger partial charge on any atom is 0.123 e. The summed E-state index contributed by atoms with van der Waals surface area (Å²) in [6.07, 6.45) is 1.91. The fourth-order valence-corrected chi connectivity index (χ4v) is 3.25. The molecule has 0 saturated carbocycles. The Morgan fingerprint density at radius 1 is 0.926 bits per heavy atom. The van der Waals surface area contributed by atoms with Crippen LogP contribution in [0.2, 0.25) is 10.0 Å². The van der Waals surface area contributed by atoms with Gasteiger partial charge in [-0.25, -0.2) is 9.38 Å². The van der Waals surface area contributed by atoms with Gasteiger partial charge in [-0.3, -0.25) is 0 Å². The van der Waals surface area contributed by atoms with Crippen LogP contribution in [0.25, 0.3) is 0 Å². The highest BCUT2D eigenvalue weighted by atomic mass is 35.5. The number of allylic oxidation sites excluding steroid dienone is 1. The normalized spacial score (nSPS) is 11.9. The van der Waals surface area contributed by atoms with Crippen molar-refractivity contribution >= 4 is 46.4 Å². The summed E-state index contributed by atoms with van der Waals surface area (Å²) in [6.45, 7) is 2.03. The van der Waals surface area contributed by atoms with Crippen LogP contribution in [0.15, 0.2) is 88.1 Å². The van der Waals surface area contributed by atoms with Gasteiger partial charge in [0, 0.05) is 10.5 Å². The molecule has 0 aliphatic carbocycles. The first-order chi connectivity index (χ1) is 13.0. The van der Waals surface area contributed by atoms with Crippen molar-refractivity contribution in [2.75, 3.05) is 0 Å². The predicted molar refractivity (Wildman–Crippen MR) is 115 cm³/mol. The van der Waals surface area contributed by atoms with Crippen molar-refractivity contribution < 1.29 is 4.39 Å². The van der Waals surface area contributed by atoms with E-state index in [1.165, 1.54) is 29.5 Å². The zero-order valence-electron chi connectivity index (χ0n) is 14.5. The van der Waals surface area contributed by atoms with Crippen molar-refractivity contribution in [2.24, 2.45) is 4.99 Å². The summed E-state index contributed by atoms with van der Waals surface area (Å²) in [4.78, 5) is 5.68. The lowest BCUT2D eigenvalue weighted by molar-refractivity contribution is 0.626. The van der Waals surface area contributed by atoms with Gasteiger partial charge in [0.25, 0.3) is 0 Å². The SMILES string of the molecule is Cc1ccc(N=C(C=CSc2ccc(F)cc2)c2ccc(Cl)c(Cl)c2)cc1. The number of nitrogens with zero attached hydrogens (tertiary/aromatic N) is 1. The molecule has 27 heavy (non-hydrogen) atoms. The smallest absolute Gasteiger partial charge is 0.123 e. The van der Waals surface area contributed by atoms with Crippen LogP contribution in [0, 0.1) is 12.7 Å². The van der Waals surface area contributed by atoms with Crippen LogP contribution in [-0.2, 0) is 0 Å². The Morgan fingerprint density at radius 3 is 2.30 bits per heavy atom. The van der Waals surface area contributed by atoms with Crippen LogP contribution >= 0.6 is 35.0 Å². The molecule has 0 N–H and O–H groups in total. The molecule has 3 rings (SSSR count). The second kappa shape index (κ2) is 9.23. The monoisotopic (exact) mass is 415 g/mol. The summed E-state index contributed by atoms with van der Waals surface area (Å²) in [5, 5.41) is 2.90. The average molecular weight is 416 g/mol. The van der Waals surface area contributed by atoms with Gasteiger partial charge in [-0.15, -0.1) is 0 Å². The van der Waals surface area contributed by atoms with Crippen molar-refractivity contribution in [1.82, 2.24) is 0 Å². The predicted octanol–water partition coefficient (Wildman–Crippen LogP) is 7.87. The largest absolute Gasteiger partial charge is 0.248 e. The highest BCUT2D eigenvalue weighted by molar-refractivity contribution is 8.02. The Morgan fingerprint density at radius 2 is 1.63 bits per heavy atom. The lowest BCUT2D eigenvalue weighted by Gasteiger charge is -2.05. The van der Waals surface area contributed by atoms with Crippen LogP contribution in [0.3, 0.4) is 0 Å². The summed E-state index contributed by atoms with van der Waals surface area (Å²) in [5.41, 5.74) is 3.64. The highest BCUT2D eigenvalue weighted by Crippen LogP contribution is 2.25. The molecule has 0 aliphatic rings. The first-order valence-electron chi connectivity index (χ1n) is 8.21. The van der Waals surface area contributed by atoms with E-state index in [-0.39, 0.29) is 5.82 Å². The molecule has 0 aliphatic heterocycles. The maximum absolute atomic E-state index is 13.0. The topological polar surface area (TPSA) is 12.4 Å². The third-order valence-corrected chi connectivity index (χ3v) is 5.30. The third kappa shape index (κ3) is 5.70. The molecule has 0 bridgehead atoms. The fraction of sp³-hybridized carbons (Fsp3) is 0.0455. The molecular weight excluding hydrogens is 400 g/mol. The van der Waals surface area contributed by atoms with Crippen molar-refractivity contribution in [3.8, 4) is 0 Å². The van der Waals surface area contributed by atoms with Crippen molar-refractivity contribution in [3.05, 3.63) is 105 Å². The number of benzene rings is 3. The van der Waals surface area contributed by atoms with E-state index in [2.05, 4.69) is 0 Å². The molecule has 3 aromatic rings. The Bertz CT molecular complexity index is 980. The van der Waals surface area contributed by atoms with E-state index in [1.807, 2.05) is 48.7 Å². The van der Waals surface area contributed by atoms with Crippen molar-refractivity contribution in [1.29, 1.82) is 0 Å². The minimum Gasteiger partial charge on any atom is -0.248 e. The molecule has 0 radical (unpaired) electrons. The summed E-state index contributed by atoms with van der Waals surface area (Å²) < 4.78 is 13.0. The van der Waals surface area contributed by atoms with E-state index >= 15 is 0 Å². The van der Waals surface area contributed by atoms with Gasteiger partial charge in [0.05, 0.1) is 21.4 Å². The van der Waals surface area contributed by atoms with Gasteiger partial charge in [0.2, 0.25) is 0 Å². The summed E-state index contributed by atoms with van der Waals surface area (Å²) in [5.74, 6) is -0.249. The van der Waals surface area contributed by atoms with Crippen molar-refractivity contribution in [3.63, 3.8) is 0 Å². The lowest BCUT2D eigenvalue weighted by atomic mass is 10.1. The van der Waals surface area contributed by atoms with E-state index in [9.17, 15) is 4.39 Å². The zero-order valence-corrected chi connectivity index (χ0v) is 16.8. The Labute approximate surface area is 172 Å². The molecule has 0 atom stereocenters. The maximum atomic E-state index is 13.0. The number of hydrogen-bond donors (Lipinski definition) is 0. The molecular formula is C22H16Cl2FNS. The minimum absolute atomic E-state index is 0.249. The quantitative estimate of drug-likeness (QED) is 0.305. The third-order valence-electron chi connectivity index (χ3n) is 3.74. The second-order valence-electron chi connectivity index (χ2n) is 5.84.